The van der Waals surface area contributed by atoms with Gasteiger partial charge in [0, 0.05) is 60.8 Å². The summed E-state index contributed by atoms with van der Waals surface area (Å²) in [6, 6.07) is 13.3. The number of fused-ring (bicyclic) bond motifs is 1. The van der Waals surface area contributed by atoms with Crippen LogP contribution in [-0.2, 0) is 24.4 Å². The van der Waals surface area contributed by atoms with Gasteiger partial charge in [-0.15, -0.1) is 17.9 Å². The van der Waals surface area contributed by atoms with Crippen molar-refractivity contribution in [1.29, 1.82) is 0 Å². The van der Waals surface area contributed by atoms with E-state index in [1.165, 1.54) is 17.4 Å². The van der Waals surface area contributed by atoms with E-state index < -0.39 is 51.4 Å². The number of pyridine rings is 1. The number of thiazole rings is 1. The average Bonchev–Trinajstić information content (AvgIpc) is 3.45. The lowest BCUT2D eigenvalue weighted by atomic mass is 10.1. The van der Waals surface area contributed by atoms with Crippen LogP contribution in [0.3, 0.4) is 0 Å². The number of ether oxygens (including phenoxy) is 2. The zero-order valence-corrected chi connectivity index (χ0v) is 35.2. The number of carboxylic acid groups (broad SMARTS) is 1. The smallest absolute Gasteiger partial charge is 0.303 e. The molecule has 1 saturated heterocycles. The van der Waals surface area contributed by atoms with Crippen molar-refractivity contribution in [1.82, 2.24) is 25.3 Å². The van der Waals surface area contributed by atoms with Crippen molar-refractivity contribution in [3.05, 3.63) is 66.6 Å². The molecule has 2 aromatic carbocycles. The predicted octanol–water partition coefficient (Wildman–Crippen LogP) is 6.09. The fourth-order valence-electron chi connectivity index (χ4n) is 7.20. The van der Waals surface area contributed by atoms with Crippen molar-refractivity contribution in [3.63, 3.8) is 0 Å². The highest BCUT2D eigenvalue weighted by Gasteiger charge is 2.61. The molecular weight excluding hydrogens is 795 g/mol. The zero-order valence-electron chi connectivity index (χ0n) is 33.6. The highest BCUT2D eigenvalue weighted by molar-refractivity contribution is 7.90. The Morgan fingerprint density at radius 3 is 2.54 bits per heavy atom. The van der Waals surface area contributed by atoms with Crippen LogP contribution in [0.25, 0.3) is 22.3 Å². The number of aliphatic carboxylic acids is 1. The second-order valence-corrected chi connectivity index (χ2v) is 17.8. The van der Waals surface area contributed by atoms with Gasteiger partial charge in [0.25, 0.3) is 15.9 Å². The predicted molar refractivity (Wildman–Crippen MR) is 228 cm³/mol. The van der Waals surface area contributed by atoms with Gasteiger partial charge < -0.3 is 35.8 Å². The summed E-state index contributed by atoms with van der Waals surface area (Å²) >= 11 is 1.49. The first-order chi connectivity index (χ1) is 28.3. The molecule has 0 spiro atoms. The molecule has 1 aliphatic carbocycles. The molecule has 0 radical (unpaired) electrons. The molecule has 3 heterocycles. The Morgan fingerprint density at radius 2 is 1.81 bits per heavy atom. The first kappa shape index (κ1) is 43.3. The monoisotopic (exact) mass is 847 g/mol. The average molecular weight is 848 g/mol. The number of aromatic nitrogens is 2. The molecule has 2 aliphatic rings. The van der Waals surface area contributed by atoms with Gasteiger partial charge in [0.2, 0.25) is 5.91 Å². The summed E-state index contributed by atoms with van der Waals surface area (Å²) in [7, 11) is -2.74. The molecule has 0 bridgehead atoms. The number of benzene rings is 2. The number of amides is 2. The summed E-state index contributed by atoms with van der Waals surface area (Å²) in [5.74, 6) is -1.32. The third-order valence-corrected chi connectivity index (χ3v) is 12.6. The minimum absolute atomic E-state index is 0.0792. The maximum atomic E-state index is 13.8. The SMILES string of the molecule is C=C[C@@H]1C[C@@]1(NC(=O)[C@@H]1C[C@@H](Oc2cc(-c3csc(NC(C)C)n3)nc3cc(OC)ccc23)CN1)C(=O)NS(=O)(=O)c1ccccc1NCCCCCCCCC(=O)O. The van der Waals surface area contributed by atoms with Crippen LogP contribution in [0.15, 0.2) is 71.5 Å². The molecule has 4 aromatic rings. The third kappa shape index (κ3) is 10.9. The van der Waals surface area contributed by atoms with Gasteiger partial charge in [0.15, 0.2) is 5.13 Å². The van der Waals surface area contributed by atoms with Gasteiger partial charge in [-0.05, 0) is 57.4 Å². The maximum Gasteiger partial charge on any atom is 0.303 e. The Bertz CT molecular complexity index is 2270. The Kier molecular flexibility index (Phi) is 14.1. The number of nitrogens with zero attached hydrogens (tertiary/aromatic N) is 2. The van der Waals surface area contributed by atoms with Crippen LogP contribution in [0, 0.1) is 5.92 Å². The molecule has 6 rings (SSSR count). The lowest BCUT2D eigenvalue weighted by Gasteiger charge is -2.21. The highest BCUT2D eigenvalue weighted by Crippen LogP contribution is 2.45. The van der Waals surface area contributed by atoms with Crippen LogP contribution in [0.4, 0.5) is 10.8 Å². The van der Waals surface area contributed by atoms with Crippen LogP contribution in [0.2, 0.25) is 0 Å². The van der Waals surface area contributed by atoms with Crippen LogP contribution in [0.1, 0.15) is 71.6 Å². The number of para-hydroxylation sites is 1. The van der Waals surface area contributed by atoms with E-state index >= 15 is 0 Å². The number of hydrogen-bond acceptors (Lipinski definition) is 13. The van der Waals surface area contributed by atoms with Gasteiger partial charge in [-0.25, -0.2) is 23.1 Å². The van der Waals surface area contributed by atoms with Gasteiger partial charge in [-0.2, -0.15) is 0 Å². The lowest BCUT2D eigenvalue weighted by molar-refractivity contribution is -0.137. The van der Waals surface area contributed by atoms with Crippen molar-refractivity contribution in [2.45, 2.75) is 100 Å². The fourth-order valence-corrected chi connectivity index (χ4v) is 9.27. The molecule has 6 N–H and O–H groups in total. The first-order valence-corrected chi connectivity index (χ1v) is 22.4. The van der Waals surface area contributed by atoms with Gasteiger partial charge >= 0.3 is 5.97 Å². The Hall–Kier alpha value is -5.26. The highest BCUT2D eigenvalue weighted by atomic mass is 32.2. The first-order valence-electron chi connectivity index (χ1n) is 20.0. The van der Waals surface area contributed by atoms with E-state index in [-0.39, 0.29) is 23.8 Å². The van der Waals surface area contributed by atoms with Gasteiger partial charge in [0.1, 0.15) is 33.7 Å². The number of carbonyl (C=O) groups is 3. The Morgan fingerprint density at radius 1 is 1.05 bits per heavy atom. The second kappa shape index (κ2) is 19.2. The number of methoxy groups -OCH3 is 1. The molecule has 15 nitrogen and oxygen atoms in total. The molecule has 0 unspecified atom stereocenters. The Balaban J connectivity index is 1.08. The molecule has 1 aliphatic heterocycles. The summed E-state index contributed by atoms with van der Waals surface area (Å²) in [5, 5.41) is 24.8. The molecule has 2 aromatic heterocycles. The summed E-state index contributed by atoms with van der Waals surface area (Å²) in [4.78, 5) is 47.7. The molecular formula is C42H53N7O8S2. The number of hydrogen-bond donors (Lipinski definition) is 6. The summed E-state index contributed by atoms with van der Waals surface area (Å²) in [6.45, 7) is 8.77. The van der Waals surface area contributed by atoms with E-state index in [2.05, 4.69) is 32.6 Å². The van der Waals surface area contributed by atoms with Crippen molar-refractivity contribution >= 4 is 60.9 Å². The van der Waals surface area contributed by atoms with Gasteiger partial charge in [-0.3, -0.25) is 14.4 Å². The number of anilines is 2. The molecule has 4 atom stereocenters. The summed E-state index contributed by atoms with van der Waals surface area (Å²) in [5.41, 5.74) is 0.851. The molecule has 17 heteroatoms. The van der Waals surface area contributed by atoms with Crippen molar-refractivity contribution < 1.29 is 37.4 Å². The number of carboxylic acids is 1. The van der Waals surface area contributed by atoms with E-state index in [0.29, 0.717) is 60.0 Å². The van der Waals surface area contributed by atoms with Crippen molar-refractivity contribution in [2.24, 2.45) is 5.92 Å². The van der Waals surface area contributed by atoms with E-state index in [4.69, 9.17) is 24.5 Å². The quantitative estimate of drug-likeness (QED) is 0.0391. The largest absolute Gasteiger partial charge is 0.497 e. The topological polar surface area (TPSA) is 210 Å². The summed E-state index contributed by atoms with van der Waals surface area (Å²) in [6.07, 6.45) is 6.90. The third-order valence-electron chi connectivity index (χ3n) is 10.4. The van der Waals surface area contributed by atoms with E-state index in [9.17, 15) is 22.8 Å². The van der Waals surface area contributed by atoms with Gasteiger partial charge in [0.05, 0.1) is 30.0 Å². The number of carbonyl (C=O) groups excluding carboxylic acids is 2. The number of rotatable bonds is 22. The fraction of sp³-hybridized carbons (Fsp3) is 0.452. The minimum atomic E-state index is -4.33. The minimum Gasteiger partial charge on any atom is -0.497 e. The van der Waals surface area contributed by atoms with E-state index in [1.807, 2.05) is 43.5 Å². The summed E-state index contributed by atoms with van der Waals surface area (Å²) < 4.78 is 41.6. The van der Waals surface area contributed by atoms with E-state index in [1.54, 1.807) is 31.4 Å². The number of nitrogens with one attached hydrogen (secondary N) is 5. The van der Waals surface area contributed by atoms with Crippen LogP contribution >= 0.6 is 11.3 Å². The normalized spacial score (nSPS) is 19.9. The number of sulfonamides is 1. The van der Waals surface area contributed by atoms with Crippen molar-refractivity contribution in [2.75, 3.05) is 30.8 Å². The van der Waals surface area contributed by atoms with Crippen LogP contribution in [0.5, 0.6) is 11.5 Å². The molecule has 2 amide bonds. The number of unbranched alkanes of at least 4 members (excludes halogenated alkanes) is 5. The molecule has 316 valence electrons. The standard InChI is InChI=1S/C42H53N7O8S2/c1-5-27-23-42(27,40(53)49-59(54,55)37-15-12-11-14-31(37)43-19-13-9-7-6-8-10-16-38(50)51)48-39(52)34-21-29(24-44-34)57-36-22-33(35-25-58-41(47-35)45-26(2)3)46-32-20-28(56-4)17-18-30(32)36/h5,11-12,14-15,17-18,20,22,25-27,29,34,43-44H,1,6-10,13,16,19,21,23-24H2,2-4H3,(H,45,47)(H,48,52)(H,49,53)(H,50,51)/t27-,29-,34+,42+/m1/s1. The van der Waals surface area contributed by atoms with Gasteiger partial charge in [-0.1, -0.05) is 43.9 Å². The van der Waals surface area contributed by atoms with E-state index in [0.717, 1.165) is 42.6 Å². The lowest BCUT2D eigenvalue weighted by Crippen LogP contribution is -2.55. The molecule has 1 saturated carbocycles. The van der Waals surface area contributed by atoms with Crippen molar-refractivity contribution in [3.8, 4) is 22.9 Å². The maximum absolute atomic E-state index is 13.8. The molecule has 59 heavy (non-hydrogen) atoms. The second-order valence-electron chi connectivity index (χ2n) is 15.3. The molecule has 2 fully saturated rings. The van der Waals surface area contributed by atoms with Crippen LogP contribution in [-0.4, -0.2) is 85.2 Å². The van der Waals surface area contributed by atoms with Crippen LogP contribution < -0.4 is 35.5 Å². The Labute approximate surface area is 348 Å². The zero-order chi connectivity index (χ0) is 42.2.